The smallest absolute Gasteiger partial charge is 0.223 e. The molecule has 0 spiro atoms. The first-order valence-electron chi connectivity index (χ1n) is 8.90. The van der Waals surface area contributed by atoms with Gasteiger partial charge in [0.25, 0.3) is 0 Å². The van der Waals surface area contributed by atoms with Crippen molar-refractivity contribution in [3.8, 4) is 0 Å². The summed E-state index contributed by atoms with van der Waals surface area (Å²) in [7, 11) is 0. The lowest BCUT2D eigenvalue weighted by Gasteiger charge is -2.27. The van der Waals surface area contributed by atoms with E-state index in [9.17, 15) is 4.79 Å². The molecule has 1 fully saturated rings. The van der Waals surface area contributed by atoms with Crippen LogP contribution < -0.4 is 0 Å². The predicted molar refractivity (Wildman–Crippen MR) is 97.6 cm³/mol. The fourth-order valence-electron chi connectivity index (χ4n) is 3.06. The summed E-state index contributed by atoms with van der Waals surface area (Å²) in [5.74, 6) is 0.289. The van der Waals surface area contributed by atoms with Crippen LogP contribution in [0.3, 0.4) is 0 Å². The fraction of sp³-hybridized carbons (Fsp3) is 0.476. The zero-order chi connectivity index (χ0) is 17.2. The van der Waals surface area contributed by atoms with Gasteiger partial charge in [0, 0.05) is 30.9 Å². The molecule has 1 aromatic carbocycles. The predicted octanol–water partition coefficient (Wildman–Crippen LogP) is 4.46. The highest BCUT2D eigenvalue weighted by Gasteiger charge is 2.34. The molecule has 24 heavy (non-hydrogen) atoms. The Hall–Kier alpha value is -2.03. The van der Waals surface area contributed by atoms with Crippen molar-refractivity contribution in [2.24, 2.45) is 5.41 Å². The Labute approximate surface area is 145 Å². The molecule has 3 rings (SSSR count). The second-order valence-electron chi connectivity index (χ2n) is 8.10. The summed E-state index contributed by atoms with van der Waals surface area (Å²) >= 11 is 0. The lowest BCUT2D eigenvalue weighted by molar-refractivity contribution is -0.134. The normalized spacial score (nSPS) is 14.6. The minimum absolute atomic E-state index is 0.0380. The maximum absolute atomic E-state index is 12.8. The molecule has 0 saturated heterocycles. The van der Waals surface area contributed by atoms with Crippen LogP contribution in [0, 0.1) is 5.41 Å². The number of hydrogen-bond donors (Lipinski definition) is 0. The minimum atomic E-state index is 0.0380. The van der Waals surface area contributed by atoms with Crippen LogP contribution in [0.15, 0.2) is 48.7 Å². The molecule has 1 aliphatic carbocycles. The summed E-state index contributed by atoms with van der Waals surface area (Å²) in [5, 5.41) is 0. The number of carbonyl (C=O) groups excluding carboxylic acids is 1. The van der Waals surface area contributed by atoms with Gasteiger partial charge < -0.3 is 9.47 Å². The number of hydrogen-bond acceptors (Lipinski definition) is 1. The van der Waals surface area contributed by atoms with E-state index < -0.39 is 0 Å². The van der Waals surface area contributed by atoms with E-state index in [2.05, 4.69) is 72.8 Å². The maximum atomic E-state index is 12.8. The lowest BCUT2D eigenvalue weighted by atomic mass is 9.91. The molecule has 128 valence electrons. The highest BCUT2D eigenvalue weighted by Crippen LogP contribution is 2.31. The van der Waals surface area contributed by atoms with E-state index >= 15 is 0 Å². The maximum Gasteiger partial charge on any atom is 0.223 e. The fourth-order valence-corrected chi connectivity index (χ4v) is 3.06. The Morgan fingerprint density at radius 2 is 1.83 bits per heavy atom. The largest absolute Gasteiger partial charge is 0.345 e. The Morgan fingerprint density at radius 3 is 2.46 bits per heavy atom. The van der Waals surface area contributed by atoms with Crippen LogP contribution >= 0.6 is 0 Å². The number of rotatable bonds is 6. The molecule has 1 aliphatic rings. The molecule has 3 heteroatoms. The monoisotopic (exact) mass is 324 g/mol. The van der Waals surface area contributed by atoms with Gasteiger partial charge in [-0.2, -0.15) is 0 Å². The number of nitrogens with zero attached hydrogens (tertiary/aromatic N) is 2. The van der Waals surface area contributed by atoms with Gasteiger partial charge in [-0.3, -0.25) is 4.79 Å². The van der Waals surface area contributed by atoms with E-state index in [0.717, 1.165) is 25.9 Å². The van der Waals surface area contributed by atoms with Crippen molar-refractivity contribution >= 4 is 5.91 Å². The van der Waals surface area contributed by atoms with Gasteiger partial charge in [0.1, 0.15) is 0 Å². The van der Waals surface area contributed by atoms with Gasteiger partial charge in [-0.1, -0.05) is 51.1 Å². The quantitative estimate of drug-likeness (QED) is 0.770. The third kappa shape index (κ3) is 4.50. The first-order valence-corrected chi connectivity index (χ1v) is 8.90. The zero-order valence-electron chi connectivity index (χ0n) is 15.0. The summed E-state index contributed by atoms with van der Waals surface area (Å²) in [5.41, 5.74) is 2.54. The third-order valence-electron chi connectivity index (χ3n) is 4.44. The van der Waals surface area contributed by atoms with Gasteiger partial charge in [-0.15, -0.1) is 0 Å². The zero-order valence-corrected chi connectivity index (χ0v) is 15.0. The van der Waals surface area contributed by atoms with Crippen LogP contribution in [0.25, 0.3) is 0 Å². The summed E-state index contributed by atoms with van der Waals surface area (Å²) in [6.45, 7) is 7.98. The minimum Gasteiger partial charge on any atom is -0.345 e. The van der Waals surface area contributed by atoms with Crippen LogP contribution in [0.4, 0.5) is 0 Å². The van der Waals surface area contributed by atoms with Crippen molar-refractivity contribution in [1.82, 2.24) is 9.47 Å². The molecule has 0 aliphatic heterocycles. The van der Waals surface area contributed by atoms with Crippen molar-refractivity contribution in [2.75, 3.05) is 0 Å². The van der Waals surface area contributed by atoms with Crippen LogP contribution in [0.5, 0.6) is 0 Å². The molecule has 1 amide bonds. The van der Waals surface area contributed by atoms with Gasteiger partial charge in [0.2, 0.25) is 5.91 Å². The molecule has 0 radical (unpaired) electrons. The Morgan fingerprint density at radius 1 is 1.12 bits per heavy atom. The highest BCUT2D eigenvalue weighted by atomic mass is 16.2. The summed E-state index contributed by atoms with van der Waals surface area (Å²) in [4.78, 5) is 14.9. The van der Waals surface area contributed by atoms with Crippen molar-refractivity contribution in [1.29, 1.82) is 0 Å². The number of aromatic nitrogens is 1. The van der Waals surface area contributed by atoms with Crippen molar-refractivity contribution < 1.29 is 4.79 Å². The van der Waals surface area contributed by atoms with Gasteiger partial charge in [0.05, 0.1) is 6.54 Å². The standard InChI is InChI=1S/C21H28N2O/c1-21(2,3)14-20(24)23(18-11-12-18)16-19-10-7-13-22(19)15-17-8-5-4-6-9-17/h4-10,13,18H,11-12,14-16H2,1-3H3. The first-order chi connectivity index (χ1) is 11.4. The van der Waals surface area contributed by atoms with Crippen molar-refractivity contribution in [3.63, 3.8) is 0 Å². The Bertz CT molecular complexity index is 677. The van der Waals surface area contributed by atoms with E-state index in [4.69, 9.17) is 0 Å². The summed E-state index contributed by atoms with van der Waals surface area (Å²) < 4.78 is 2.26. The lowest BCUT2D eigenvalue weighted by Crippen LogP contribution is -2.35. The van der Waals surface area contributed by atoms with Crippen molar-refractivity contribution in [2.45, 2.75) is 59.2 Å². The van der Waals surface area contributed by atoms with Gasteiger partial charge in [-0.05, 0) is 36.0 Å². The topological polar surface area (TPSA) is 25.2 Å². The molecular weight excluding hydrogens is 296 g/mol. The Balaban J connectivity index is 1.72. The number of benzene rings is 1. The summed E-state index contributed by atoms with van der Waals surface area (Å²) in [6.07, 6.45) is 5.02. The number of amides is 1. The summed E-state index contributed by atoms with van der Waals surface area (Å²) in [6, 6.07) is 15.1. The average molecular weight is 324 g/mol. The molecular formula is C21H28N2O. The van der Waals surface area contributed by atoms with Crippen LogP contribution in [0.1, 0.15) is 51.3 Å². The van der Waals surface area contributed by atoms with Crippen LogP contribution in [-0.2, 0) is 17.9 Å². The molecule has 0 atom stereocenters. The third-order valence-corrected chi connectivity index (χ3v) is 4.44. The van der Waals surface area contributed by atoms with E-state index in [1.807, 2.05) is 6.07 Å². The van der Waals surface area contributed by atoms with Gasteiger partial charge in [0.15, 0.2) is 0 Å². The highest BCUT2D eigenvalue weighted by molar-refractivity contribution is 5.77. The Kier molecular flexibility index (Phi) is 4.79. The average Bonchev–Trinajstić information content (AvgIpc) is 3.26. The SMILES string of the molecule is CC(C)(C)CC(=O)N(Cc1cccn1Cc1ccccc1)C1CC1. The van der Waals surface area contributed by atoms with Gasteiger partial charge in [-0.25, -0.2) is 0 Å². The molecule has 0 N–H and O–H groups in total. The van der Waals surface area contributed by atoms with E-state index in [0.29, 0.717) is 12.5 Å². The van der Waals surface area contributed by atoms with Crippen molar-refractivity contribution in [3.05, 3.63) is 59.9 Å². The van der Waals surface area contributed by atoms with E-state index in [1.165, 1.54) is 11.3 Å². The first kappa shape index (κ1) is 16.8. The molecule has 1 heterocycles. The molecule has 3 nitrogen and oxygen atoms in total. The van der Waals surface area contributed by atoms with E-state index in [1.54, 1.807) is 0 Å². The second kappa shape index (κ2) is 6.84. The molecule has 0 bridgehead atoms. The van der Waals surface area contributed by atoms with Gasteiger partial charge >= 0.3 is 0 Å². The molecule has 1 aromatic heterocycles. The van der Waals surface area contributed by atoms with Crippen LogP contribution in [-0.4, -0.2) is 21.4 Å². The number of carbonyl (C=O) groups is 1. The molecule has 1 saturated carbocycles. The van der Waals surface area contributed by atoms with Crippen LogP contribution in [0.2, 0.25) is 0 Å². The molecule has 0 unspecified atom stereocenters. The molecule has 2 aromatic rings. The second-order valence-corrected chi connectivity index (χ2v) is 8.10. The van der Waals surface area contributed by atoms with E-state index in [-0.39, 0.29) is 11.3 Å².